The maximum Gasteiger partial charge on any atom is 0.213 e. The van der Waals surface area contributed by atoms with Crippen molar-refractivity contribution in [2.75, 3.05) is 13.7 Å². The Morgan fingerprint density at radius 1 is 1.48 bits per heavy atom. The molecule has 0 unspecified atom stereocenters. The van der Waals surface area contributed by atoms with Crippen molar-refractivity contribution in [2.45, 2.75) is 39.7 Å². The first kappa shape index (κ1) is 19.2. The highest BCUT2D eigenvalue weighted by Gasteiger charge is 2.48. The molecule has 0 bridgehead atoms. The molecule has 1 aliphatic heterocycles. The third-order valence-corrected chi connectivity index (χ3v) is 5.18. The average molecular weight is 343 g/mol. The van der Waals surface area contributed by atoms with Crippen LogP contribution in [0, 0.1) is 17.3 Å². The molecule has 0 saturated heterocycles. The Balaban J connectivity index is 2.43. The number of rotatable bonds is 8. The molecule has 3 atom stereocenters. The highest BCUT2D eigenvalue weighted by Crippen LogP contribution is 2.46. The van der Waals surface area contributed by atoms with E-state index in [2.05, 4.69) is 27.0 Å². The smallest absolute Gasteiger partial charge is 0.213 e. The number of allylic oxidation sites excluding steroid dienone is 5. The second-order valence-electron chi connectivity index (χ2n) is 7.08. The predicted octanol–water partition coefficient (Wildman–Crippen LogP) is 4.25. The van der Waals surface area contributed by atoms with Crippen molar-refractivity contribution in [3.63, 3.8) is 0 Å². The van der Waals surface area contributed by atoms with Crippen LogP contribution >= 0.6 is 0 Å². The maximum atomic E-state index is 13.0. The first-order chi connectivity index (χ1) is 11.9. The molecular formula is C21H29NO3. The third kappa shape index (κ3) is 3.48. The van der Waals surface area contributed by atoms with Crippen LogP contribution in [0.1, 0.15) is 33.6 Å². The highest BCUT2D eigenvalue weighted by molar-refractivity contribution is 5.99. The molecule has 0 saturated carbocycles. The van der Waals surface area contributed by atoms with Crippen molar-refractivity contribution < 1.29 is 14.3 Å². The van der Waals surface area contributed by atoms with Crippen LogP contribution in [0.25, 0.3) is 0 Å². The lowest BCUT2D eigenvalue weighted by Gasteiger charge is -2.39. The Labute approximate surface area is 151 Å². The quantitative estimate of drug-likeness (QED) is 0.619. The Hall–Kier alpha value is -2.10. The van der Waals surface area contributed by atoms with E-state index >= 15 is 0 Å². The van der Waals surface area contributed by atoms with E-state index in [9.17, 15) is 4.79 Å². The fourth-order valence-electron chi connectivity index (χ4n) is 3.45. The number of carbonyl (C=O) groups excluding carboxylic acids is 1. The van der Waals surface area contributed by atoms with Gasteiger partial charge in [-0.25, -0.2) is 4.99 Å². The molecular weight excluding hydrogens is 314 g/mol. The molecule has 1 aliphatic carbocycles. The molecule has 0 aromatic heterocycles. The summed E-state index contributed by atoms with van der Waals surface area (Å²) in [5.41, 5.74) is 0.0826. The number of hydrogen-bond donors (Lipinski definition) is 0. The van der Waals surface area contributed by atoms with Crippen LogP contribution in [0.3, 0.4) is 0 Å². The first-order valence-electron chi connectivity index (χ1n) is 8.84. The summed E-state index contributed by atoms with van der Waals surface area (Å²) < 4.78 is 11.4. The second kappa shape index (κ2) is 7.85. The van der Waals surface area contributed by atoms with Gasteiger partial charge in [-0.15, -0.1) is 13.2 Å². The van der Waals surface area contributed by atoms with E-state index in [4.69, 9.17) is 14.5 Å². The molecule has 0 aromatic carbocycles. The SMILES string of the molecule is C=CCCC(=O)[C@]1(C)C(OC)=CC=C(C2=N[C@H](C(C)C)CO2)[C@@H]1C=C. The average Bonchev–Trinajstić information content (AvgIpc) is 3.09. The van der Waals surface area contributed by atoms with Gasteiger partial charge in [-0.3, -0.25) is 4.79 Å². The van der Waals surface area contributed by atoms with Gasteiger partial charge in [-0.2, -0.15) is 0 Å². The van der Waals surface area contributed by atoms with Crippen LogP contribution in [0.2, 0.25) is 0 Å². The third-order valence-electron chi connectivity index (χ3n) is 5.18. The minimum absolute atomic E-state index is 0.106. The number of ketones is 1. The number of Topliss-reactive ketones (excluding diaryl/α,β-unsaturated/α-hetero) is 1. The molecule has 0 N–H and O–H groups in total. The summed E-state index contributed by atoms with van der Waals surface area (Å²) in [5, 5.41) is 0. The number of methoxy groups -OCH3 is 1. The zero-order chi connectivity index (χ0) is 18.6. The van der Waals surface area contributed by atoms with Gasteiger partial charge in [-0.05, 0) is 31.4 Å². The molecule has 136 valence electrons. The zero-order valence-corrected chi connectivity index (χ0v) is 15.7. The Morgan fingerprint density at radius 2 is 2.20 bits per heavy atom. The normalized spacial score (nSPS) is 28.6. The lowest BCUT2D eigenvalue weighted by atomic mass is 9.65. The fourth-order valence-corrected chi connectivity index (χ4v) is 3.45. The molecule has 1 heterocycles. The number of hydrogen-bond acceptors (Lipinski definition) is 4. The summed E-state index contributed by atoms with van der Waals surface area (Å²) in [6.45, 7) is 14.5. The number of carbonyl (C=O) groups is 1. The van der Waals surface area contributed by atoms with Gasteiger partial charge < -0.3 is 9.47 Å². The Morgan fingerprint density at radius 3 is 2.72 bits per heavy atom. The maximum absolute atomic E-state index is 13.0. The molecule has 4 nitrogen and oxygen atoms in total. The minimum atomic E-state index is -0.814. The lowest BCUT2D eigenvalue weighted by molar-refractivity contribution is -0.129. The van der Waals surface area contributed by atoms with Crippen LogP contribution < -0.4 is 0 Å². The van der Waals surface area contributed by atoms with Crippen LogP contribution in [0.15, 0.2) is 53.8 Å². The van der Waals surface area contributed by atoms with Crippen LogP contribution in [-0.4, -0.2) is 31.4 Å². The van der Waals surface area contributed by atoms with Crippen molar-refractivity contribution in [1.82, 2.24) is 0 Å². The van der Waals surface area contributed by atoms with E-state index in [0.717, 1.165) is 5.57 Å². The molecule has 2 rings (SSSR count). The van der Waals surface area contributed by atoms with Gasteiger partial charge in [0.25, 0.3) is 0 Å². The molecule has 0 fully saturated rings. The Bertz CT molecular complexity index is 642. The van der Waals surface area contributed by atoms with Crippen molar-refractivity contribution in [1.29, 1.82) is 0 Å². The standard InChI is InChI=1S/C21H29NO3/c1-7-9-10-18(23)21(5)16(8-2)15(11-12-19(21)24-6)20-22-17(13-25-20)14(3)4/h7-8,11-12,14,16-17H,1-2,9-10,13H2,3-6H3/t16-,17-,21+/m0/s1. The van der Waals surface area contributed by atoms with Crippen LogP contribution in [0.5, 0.6) is 0 Å². The molecule has 25 heavy (non-hydrogen) atoms. The summed E-state index contributed by atoms with van der Waals surface area (Å²) >= 11 is 0. The molecule has 0 spiro atoms. The topological polar surface area (TPSA) is 47.9 Å². The van der Waals surface area contributed by atoms with Crippen LogP contribution in [0.4, 0.5) is 0 Å². The molecule has 2 aliphatic rings. The summed E-state index contributed by atoms with van der Waals surface area (Å²) in [7, 11) is 1.60. The van der Waals surface area contributed by atoms with E-state index in [-0.39, 0.29) is 17.7 Å². The lowest BCUT2D eigenvalue weighted by Crippen LogP contribution is -2.41. The van der Waals surface area contributed by atoms with E-state index in [1.165, 1.54) is 0 Å². The zero-order valence-electron chi connectivity index (χ0n) is 15.7. The van der Waals surface area contributed by atoms with Gasteiger partial charge in [0.2, 0.25) is 5.90 Å². The van der Waals surface area contributed by atoms with E-state index in [1.54, 1.807) is 19.3 Å². The second-order valence-corrected chi connectivity index (χ2v) is 7.08. The number of aliphatic imine (C=N–C) groups is 1. The minimum Gasteiger partial charge on any atom is -0.500 e. The van der Waals surface area contributed by atoms with Crippen molar-refractivity contribution in [3.05, 3.63) is 48.8 Å². The first-order valence-corrected chi connectivity index (χ1v) is 8.84. The molecule has 0 aromatic rings. The van der Waals surface area contributed by atoms with Gasteiger partial charge in [0.05, 0.1) is 18.6 Å². The largest absolute Gasteiger partial charge is 0.500 e. The number of nitrogens with zero attached hydrogens (tertiary/aromatic N) is 1. The fraction of sp³-hybridized carbons (Fsp3) is 0.524. The van der Waals surface area contributed by atoms with E-state index in [0.29, 0.717) is 37.0 Å². The van der Waals surface area contributed by atoms with Crippen LogP contribution in [-0.2, 0) is 14.3 Å². The summed E-state index contributed by atoms with van der Waals surface area (Å²) in [5.74, 6) is 1.55. The molecule has 4 heteroatoms. The van der Waals surface area contributed by atoms with Crippen molar-refractivity contribution >= 4 is 11.7 Å². The van der Waals surface area contributed by atoms with E-state index < -0.39 is 5.41 Å². The molecule has 0 amide bonds. The van der Waals surface area contributed by atoms with Gasteiger partial charge in [-0.1, -0.05) is 26.0 Å². The van der Waals surface area contributed by atoms with Crippen molar-refractivity contribution in [2.24, 2.45) is 22.2 Å². The van der Waals surface area contributed by atoms with Gasteiger partial charge >= 0.3 is 0 Å². The number of ether oxygens (including phenoxy) is 2. The summed E-state index contributed by atoms with van der Waals surface area (Å²) in [6, 6.07) is 0.150. The van der Waals surface area contributed by atoms with E-state index in [1.807, 2.05) is 19.1 Å². The summed E-state index contributed by atoms with van der Waals surface area (Å²) in [4.78, 5) is 17.8. The molecule has 0 radical (unpaired) electrons. The van der Waals surface area contributed by atoms with Crippen molar-refractivity contribution in [3.8, 4) is 0 Å². The highest BCUT2D eigenvalue weighted by atomic mass is 16.5. The van der Waals surface area contributed by atoms with Gasteiger partial charge in [0.1, 0.15) is 18.1 Å². The summed E-state index contributed by atoms with van der Waals surface area (Å²) in [6.07, 6.45) is 8.42. The van der Waals surface area contributed by atoms with Gasteiger partial charge in [0, 0.05) is 17.9 Å². The predicted molar refractivity (Wildman–Crippen MR) is 101 cm³/mol. The monoisotopic (exact) mass is 343 g/mol. The van der Waals surface area contributed by atoms with Gasteiger partial charge in [0.15, 0.2) is 0 Å². The Kier molecular flexibility index (Phi) is 6.04.